The number of Topliss-reactive ketones (excluding diaryl/α,β-unsaturated/α-hetero) is 1. The average molecular weight is 246 g/mol. The van der Waals surface area contributed by atoms with Gasteiger partial charge in [0.2, 0.25) is 0 Å². The number of rotatable bonds is 2. The quantitative estimate of drug-likeness (QED) is 0.752. The first-order valence-corrected chi connectivity index (χ1v) is 6.65. The number of hydrogen-bond acceptors (Lipinski definition) is 3. The van der Waals surface area contributed by atoms with Crippen molar-refractivity contribution in [1.29, 1.82) is 0 Å². The van der Waals surface area contributed by atoms with E-state index >= 15 is 0 Å². The fourth-order valence-electron chi connectivity index (χ4n) is 2.43. The van der Waals surface area contributed by atoms with E-state index in [9.17, 15) is 4.79 Å². The molecule has 18 heavy (non-hydrogen) atoms. The molecule has 0 N–H and O–H groups in total. The Hall–Kier alpha value is -1.51. The number of fused-ring (bicyclic) bond motifs is 1. The Balaban J connectivity index is 1.91. The van der Waals surface area contributed by atoms with E-state index in [-0.39, 0.29) is 23.9 Å². The molecule has 1 saturated carbocycles. The molecule has 0 aromatic heterocycles. The fraction of sp³-hybridized carbons (Fsp3) is 0.533. The number of carbonyl (C=O) groups is 1. The summed E-state index contributed by atoms with van der Waals surface area (Å²) in [4.78, 5) is 12.0. The van der Waals surface area contributed by atoms with Crippen molar-refractivity contribution in [3.05, 3.63) is 23.8 Å². The molecule has 3 nitrogen and oxygen atoms in total. The number of carbonyl (C=O) groups excluding carboxylic acids is 1. The van der Waals surface area contributed by atoms with Gasteiger partial charge in [0, 0.05) is 17.9 Å². The average Bonchev–Trinajstić information content (AvgIpc) is 3.13. The van der Waals surface area contributed by atoms with Crippen LogP contribution in [0.4, 0.5) is 0 Å². The lowest BCUT2D eigenvalue weighted by atomic mass is 10.1. The highest BCUT2D eigenvalue weighted by atomic mass is 16.5. The summed E-state index contributed by atoms with van der Waals surface area (Å²) in [5.74, 6) is 1.94. The van der Waals surface area contributed by atoms with Crippen LogP contribution in [0.25, 0.3) is 0 Å². The molecular weight excluding hydrogens is 228 g/mol. The van der Waals surface area contributed by atoms with E-state index in [0.29, 0.717) is 5.75 Å². The lowest BCUT2D eigenvalue weighted by molar-refractivity contribution is 0.0967. The van der Waals surface area contributed by atoms with Gasteiger partial charge < -0.3 is 9.47 Å². The highest BCUT2D eigenvalue weighted by Gasteiger charge is 2.31. The first-order valence-electron chi connectivity index (χ1n) is 6.65. The maximum atomic E-state index is 12.0. The van der Waals surface area contributed by atoms with Crippen LogP contribution in [0.1, 0.15) is 43.5 Å². The van der Waals surface area contributed by atoms with Crippen molar-refractivity contribution in [2.45, 2.75) is 45.3 Å². The number of hydrogen-bond donors (Lipinski definition) is 0. The van der Waals surface area contributed by atoms with E-state index in [2.05, 4.69) is 0 Å². The standard InChI is InChI=1S/C15H18O3/c1-9-7-10(2)18-14-8-12(5-6-13(14)17-9)15(16)11-3-4-11/h5-6,8-11H,3-4,7H2,1-2H3. The molecule has 0 saturated heterocycles. The van der Waals surface area contributed by atoms with Gasteiger partial charge in [-0.05, 0) is 44.9 Å². The molecule has 3 rings (SSSR count). The van der Waals surface area contributed by atoms with Gasteiger partial charge >= 0.3 is 0 Å². The highest BCUT2D eigenvalue weighted by Crippen LogP contribution is 2.37. The van der Waals surface area contributed by atoms with Gasteiger partial charge in [-0.1, -0.05) is 0 Å². The third-order valence-corrected chi connectivity index (χ3v) is 3.50. The number of benzene rings is 1. The summed E-state index contributed by atoms with van der Waals surface area (Å²) in [5.41, 5.74) is 0.751. The Labute approximate surface area is 107 Å². The summed E-state index contributed by atoms with van der Waals surface area (Å²) in [6.45, 7) is 4.07. The fourth-order valence-corrected chi connectivity index (χ4v) is 2.43. The van der Waals surface area contributed by atoms with Crippen LogP contribution in [0.15, 0.2) is 18.2 Å². The van der Waals surface area contributed by atoms with Crippen molar-refractivity contribution < 1.29 is 14.3 Å². The molecule has 0 bridgehead atoms. The van der Waals surface area contributed by atoms with Gasteiger partial charge in [-0.2, -0.15) is 0 Å². The smallest absolute Gasteiger partial charge is 0.166 e. The SMILES string of the molecule is CC1CC(C)Oc2cc(C(=O)C3CC3)ccc2O1. The van der Waals surface area contributed by atoms with Crippen molar-refractivity contribution in [2.24, 2.45) is 5.92 Å². The summed E-state index contributed by atoms with van der Waals surface area (Å²) in [5, 5.41) is 0. The summed E-state index contributed by atoms with van der Waals surface area (Å²) < 4.78 is 11.6. The van der Waals surface area contributed by atoms with Crippen LogP contribution in [0.3, 0.4) is 0 Å². The highest BCUT2D eigenvalue weighted by molar-refractivity contribution is 5.99. The van der Waals surface area contributed by atoms with E-state index in [1.54, 1.807) is 0 Å². The van der Waals surface area contributed by atoms with E-state index in [1.165, 1.54) is 0 Å². The zero-order chi connectivity index (χ0) is 12.7. The van der Waals surface area contributed by atoms with Crippen LogP contribution in [-0.2, 0) is 0 Å². The molecule has 0 spiro atoms. The second kappa shape index (κ2) is 4.30. The third kappa shape index (κ3) is 2.22. The van der Waals surface area contributed by atoms with Crippen molar-refractivity contribution in [1.82, 2.24) is 0 Å². The Morgan fingerprint density at radius 1 is 1.11 bits per heavy atom. The van der Waals surface area contributed by atoms with Gasteiger partial charge in [0.05, 0.1) is 12.2 Å². The minimum Gasteiger partial charge on any atom is -0.487 e. The molecule has 1 heterocycles. The molecule has 0 radical (unpaired) electrons. The van der Waals surface area contributed by atoms with Crippen molar-refractivity contribution in [2.75, 3.05) is 0 Å². The van der Waals surface area contributed by atoms with Gasteiger partial charge in [-0.25, -0.2) is 0 Å². The molecule has 1 aliphatic heterocycles. The van der Waals surface area contributed by atoms with Gasteiger partial charge in [-0.3, -0.25) is 4.79 Å². The van der Waals surface area contributed by atoms with Gasteiger partial charge in [0.1, 0.15) is 0 Å². The molecule has 1 fully saturated rings. The van der Waals surface area contributed by atoms with E-state index < -0.39 is 0 Å². The van der Waals surface area contributed by atoms with Crippen molar-refractivity contribution in [3.8, 4) is 11.5 Å². The molecule has 2 aliphatic rings. The first kappa shape index (κ1) is 11.6. The second-order valence-corrected chi connectivity index (χ2v) is 5.39. The van der Waals surface area contributed by atoms with Gasteiger partial charge in [-0.15, -0.1) is 0 Å². The van der Waals surface area contributed by atoms with E-state index in [0.717, 1.165) is 30.6 Å². The second-order valence-electron chi connectivity index (χ2n) is 5.39. The van der Waals surface area contributed by atoms with Gasteiger partial charge in [0.25, 0.3) is 0 Å². The molecule has 1 aromatic rings. The van der Waals surface area contributed by atoms with Crippen LogP contribution in [0.5, 0.6) is 11.5 Å². The molecule has 96 valence electrons. The summed E-state index contributed by atoms with van der Waals surface area (Å²) in [7, 11) is 0. The summed E-state index contributed by atoms with van der Waals surface area (Å²) in [6.07, 6.45) is 3.18. The van der Waals surface area contributed by atoms with Crippen LogP contribution < -0.4 is 9.47 Å². The van der Waals surface area contributed by atoms with E-state index in [4.69, 9.17) is 9.47 Å². The minimum absolute atomic E-state index is 0.118. The van der Waals surface area contributed by atoms with E-state index in [1.807, 2.05) is 32.0 Å². The molecule has 2 atom stereocenters. The maximum absolute atomic E-state index is 12.0. The van der Waals surface area contributed by atoms with Crippen molar-refractivity contribution in [3.63, 3.8) is 0 Å². The van der Waals surface area contributed by atoms with Crippen LogP contribution in [0.2, 0.25) is 0 Å². The van der Waals surface area contributed by atoms with Crippen LogP contribution in [0, 0.1) is 5.92 Å². The molecular formula is C15H18O3. The normalized spacial score (nSPS) is 26.6. The summed E-state index contributed by atoms with van der Waals surface area (Å²) in [6, 6.07) is 5.55. The third-order valence-electron chi connectivity index (χ3n) is 3.50. The lowest BCUT2D eigenvalue weighted by Gasteiger charge is -2.11. The topological polar surface area (TPSA) is 35.5 Å². The van der Waals surface area contributed by atoms with Gasteiger partial charge in [0.15, 0.2) is 17.3 Å². The zero-order valence-corrected chi connectivity index (χ0v) is 10.8. The zero-order valence-electron chi connectivity index (χ0n) is 10.8. The van der Waals surface area contributed by atoms with Crippen LogP contribution >= 0.6 is 0 Å². The minimum atomic E-state index is 0.118. The predicted molar refractivity (Wildman–Crippen MR) is 68.3 cm³/mol. The maximum Gasteiger partial charge on any atom is 0.166 e. The lowest BCUT2D eigenvalue weighted by Crippen LogP contribution is -2.18. The largest absolute Gasteiger partial charge is 0.487 e. The number of ketones is 1. The first-order chi connectivity index (χ1) is 8.63. The number of ether oxygens (including phenoxy) is 2. The monoisotopic (exact) mass is 246 g/mol. The summed E-state index contributed by atoms with van der Waals surface area (Å²) >= 11 is 0. The molecule has 0 amide bonds. The van der Waals surface area contributed by atoms with Crippen LogP contribution in [-0.4, -0.2) is 18.0 Å². The Kier molecular flexibility index (Phi) is 2.77. The molecule has 1 aromatic carbocycles. The molecule has 1 aliphatic carbocycles. The Morgan fingerprint density at radius 3 is 2.44 bits per heavy atom. The molecule has 3 heteroatoms. The van der Waals surface area contributed by atoms with Crippen molar-refractivity contribution >= 4 is 5.78 Å². The predicted octanol–water partition coefficient (Wildman–Crippen LogP) is 3.22. The Bertz CT molecular complexity index is 477. The Morgan fingerprint density at radius 2 is 1.78 bits per heavy atom. The molecule has 2 unspecified atom stereocenters.